The quantitative estimate of drug-likeness (QED) is 0.309. The Bertz CT molecular complexity index is 1220. The van der Waals surface area contributed by atoms with Crippen LogP contribution < -0.4 is 10.6 Å². The lowest BCUT2D eigenvalue weighted by Crippen LogP contribution is -2.38. The minimum atomic E-state index is -1.06. The van der Waals surface area contributed by atoms with Crippen molar-refractivity contribution in [1.29, 1.82) is 0 Å². The van der Waals surface area contributed by atoms with Crippen molar-refractivity contribution in [3.63, 3.8) is 0 Å². The summed E-state index contributed by atoms with van der Waals surface area (Å²) in [6.07, 6.45) is 1.01. The van der Waals surface area contributed by atoms with Crippen LogP contribution in [0.25, 0.3) is 11.1 Å². The van der Waals surface area contributed by atoms with Crippen molar-refractivity contribution in [1.82, 2.24) is 5.32 Å². The van der Waals surface area contributed by atoms with Gasteiger partial charge in [-0.05, 0) is 85.7 Å². The zero-order valence-electron chi connectivity index (χ0n) is 20.9. The smallest absolute Gasteiger partial charge is 0.325 e. The first-order valence-electron chi connectivity index (χ1n) is 11.9. The summed E-state index contributed by atoms with van der Waals surface area (Å²) in [4.78, 5) is 23.7. The van der Waals surface area contributed by atoms with Crippen molar-refractivity contribution in [3.8, 4) is 11.1 Å². The van der Waals surface area contributed by atoms with Crippen molar-refractivity contribution in [2.45, 2.75) is 53.0 Å². The Labute approximate surface area is 212 Å². The molecule has 184 valence electrons. The van der Waals surface area contributed by atoms with E-state index in [2.05, 4.69) is 41.8 Å². The third-order valence-electron chi connectivity index (χ3n) is 6.37. The topological polar surface area (TPSA) is 78.4 Å². The number of benzene rings is 3. The van der Waals surface area contributed by atoms with Gasteiger partial charge in [0.05, 0.1) is 0 Å². The van der Waals surface area contributed by atoms with E-state index >= 15 is 0 Å². The lowest BCUT2D eigenvalue weighted by atomic mass is 9.94. The summed E-state index contributed by atoms with van der Waals surface area (Å²) in [6, 6.07) is 17.4. The number of nitrogens with one attached hydrogen (secondary N) is 2. The van der Waals surface area contributed by atoms with Crippen molar-refractivity contribution >= 4 is 29.2 Å². The highest BCUT2D eigenvalue weighted by atomic mass is 35.5. The Morgan fingerprint density at radius 2 is 1.63 bits per heavy atom. The van der Waals surface area contributed by atoms with Crippen LogP contribution in [0, 0.1) is 20.8 Å². The molecule has 35 heavy (non-hydrogen) atoms. The Hall–Kier alpha value is -3.31. The molecule has 0 aromatic heterocycles. The van der Waals surface area contributed by atoms with Gasteiger partial charge < -0.3 is 15.7 Å². The Kier molecular flexibility index (Phi) is 8.57. The number of rotatable bonds is 9. The van der Waals surface area contributed by atoms with Gasteiger partial charge >= 0.3 is 5.97 Å². The van der Waals surface area contributed by atoms with Crippen LogP contribution in [0.2, 0.25) is 5.02 Å². The first-order valence-corrected chi connectivity index (χ1v) is 12.2. The predicted octanol–water partition coefficient (Wildman–Crippen LogP) is 6.74. The Morgan fingerprint density at radius 3 is 2.23 bits per heavy atom. The van der Waals surface area contributed by atoms with E-state index in [1.165, 1.54) is 12.5 Å². The van der Waals surface area contributed by atoms with E-state index in [0.29, 0.717) is 11.5 Å². The van der Waals surface area contributed by atoms with Gasteiger partial charge in [0.15, 0.2) is 0 Å². The van der Waals surface area contributed by atoms with Crippen LogP contribution in [0.1, 0.15) is 58.8 Å². The molecule has 3 aromatic carbocycles. The molecule has 2 unspecified atom stereocenters. The van der Waals surface area contributed by atoms with Crippen LogP contribution in [-0.2, 0) is 4.79 Å². The summed E-state index contributed by atoms with van der Waals surface area (Å²) < 4.78 is 0. The van der Waals surface area contributed by atoms with Crippen LogP contribution in [0.15, 0.2) is 54.6 Å². The molecule has 1 amide bonds. The number of carbonyl (C=O) groups excluding carboxylic acids is 1. The molecule has 0 saturated carbocycles. The van der Waals surface area contributed by atoms with Crippen LogP contribution in [0.3, 0.4) is 0 Å². The molecule has 3 N–H and O–H groups in total. The van der Waals surface area contributed by atoms with Crippen molar-refractivity contribution in [3.05, 3.63) is 87.4 Å². The number of anilines is 1. The molecule has 0 aliphatic heterocycles. The lowest BCUT2D eigenvalue weighted by molar-refractivity contribution is -0.138. The minimum absolute atomic E-state index is 0.366. The largest absolute Gasteiger partial charge is 0.480 e. The molecule has 6 heteroatoms. The van der Waals surface area contributed by atoms with E-state index < -0.39 is 12.0 Å². The molecule has 2 atom stereocenters. The summed E-state index contributed by atoms with van der Waals surface area (Å²) in [5.41, 5.74) is 7.56. The Balaban J connectivity index is 1.78. The van der Waals surface area contributed by atoms with E-state index in [4.69, 9.17) is 16.7 Å². The number of amides is 1. The molecule has 0 fully saturated rings. The first kappa shape index (κ1) is 26.3. The molecular formula is C29H33ClN2O3. The van der Waals surface area contributed by atoms with Gasteiger partial charge in [0.1, 0.15) is 6.04 Å². The van der Waals surface area contributed by atoms with Crippen molar-refractivity contribution < 1.29 is 14.7 Å². The predicted molar refractivity (Wildman–Crippen MR) is 144 cm³/mol. The second-order valence-corrected chi connectivity index (χ2v) is 9.50. The van der Waals surface area contributed by atoms with E-state index in [-0.39, 0.29) is 5.91 Å². The minimum Gasteiger partial charge on any atom is -0.480 e. The van der Waals surface area contributed by atoms with Crippen LogP contribution in [-0.4, -0.2) is 29.6 Å². The SMILES string of the molecule is CCC(CNc1cccc(-c2cc(C)c(C(=O)NC(C)C(=O)O)c(C)c2)c1)c1ccc(Cl)c(C)c1. The molecular weight excluding hydrogens is 460 g/mol. The molecule has 5 nitrogen and oxygen atoms in total. The second kappa shape index (κ2) is 11.4. The van der Waals surface area contributed by atoms with Gasteiger partial charge in [-0.25, -0.2) is 0 Å². The monoisotopic (exact) mass is 492 g/mol. The number of hydrogen-bond acceptors (Lipinski definition) is 3. The van der Waals surface area contributed by atoms with Gasteiger partial charge in [-0.3, -0.25) is 9.59 Å². The summed E-state index contributed by atoms with van der Waals surface area (Å²) in [5.74, 6) is -1.07. The summed E-state index contributed by atoms with van der Waals surface area (Å²) in [6.45, 7) is 10.2. The van der Waals surface area contributed by atoms with Crippen molar-refractivity contribution in [2.75, 3.05) is 11.9 Å². The van der Waals surface area contributed by atoms with Gasteiger partial charge in [-0.1, -0.05) is 54.9 Å². The summed E-state index contributed by atoms with van der Waals surface area (Å²) >= 11 is 6.20. The van der Waals surface area contributed by atoms with Crippen LogP contribution >= 0.6 is 11.6 Å². The molecule has 0 aliphatic carbocycles. The van der Waals surface area contributed by atoms with E-state index in [0.717, 1.165) is 51.5 Å². The Morgan fingerprint density at radius 1 is 0.943 bits per heavy atom. The van der Waals surface area contributed by atoms with Gasteiger partial charge in [0, 0.05) is 28.7 Å². The zero-order valence-corrected chi connectivity index (χ0v) is 21.7. The number of carbonyl (C=O) groups is 2. The third-order valence-corrected chi connectivity index (χ3v) is 6.80. The molecule has 3 aromatic rings. The second-order valence-electron chi connectivity index (χ2n) is 9.09. The maximum atomic E-state index is 12.6. The van der Waals surface area contributed by atoms with E-state index in [9.17, 15) is 9.59 Å². The highest BCUT2D eigenvalue weighted by Gasteiger charge is 2.19. The molecule has 0 spiro atoms. The maximum Gasteiger partial charge on any atom is 0.325 e. The van der Waals surface area contributed by atoms with E-state index in [1.54, 1.807) is 0 Å². The van der Waals surface area contributed by atoms with Gasteiger partial charge in [-0.15, -0.1) is 0 Å². The van der Waals surface area contributed by atoms with Gasteiger partial charge in [0.25, 0.3) is 5.91 Å². The van der Waals surface area contributed by atoms with E-state index in [1.807, 2.05) is 51.1 Å². The average molecular weight is 493 g/mol. The van der Waals surface area contributed by atoms with Gasteiger partial charge in [-0.2, -0.15) is 0 Å². The third kappa shape index (κ3) is 6.43. The summed E-state index contributed by atoms with van der Waals surface area (Å²) in [5, 5.41) is 16.0. The number of halogens is 1. The fraction of sp³-hybridized carbons (Fsp3) is 0.310. The molecule has 0 aliphatic rings. The highest BCUT2D eigenvalue weighted by Crippen LogP contribution is 2.29. The first-order chi connectivity index (χ1) is 16.6. The van der Waals surface area contributed by atoms with Gasteiger partial charge in [0.2, 0.25) is 0 Å². The number of carboxylic acids is 1. The number of aryl methyl sites for hydroxylation is 3. The standard InChI is InChI=1S/C29H33ClN2O3/c1-6-21(23-10-11-26(30)17(2)12-23)16-31-25-9-7-8-22(15-25)24-13-18(3)27(19(4)14-24)28(33)32-20(5)29(34)35/h7-15,20-21,31H,6,16H2,1-5H3,(H,32,33)(H,34,35). The lowest BCUT2D eigenvalue weighted by Gasteiger charge is -2.19. The maximum absolute atomic E-state index is 12.6. The average Bonchev–Trinajstić information content (AvgIpc) is 2.81. The number of aliphatic carboxylic acids is 1. The number of carboxylic acid groups (broad SMARTS) is 1. The molecule has 0 heterocycles. The fourth-order valence-corrected chi connectivity index (χ4v) is 4.41. The highest BCUT2D eigenvalue weighted by molar-refractivity contribution is 6.31. The fourth-order valence-electron chi connectivity index (χ4n) is 4.29. The molecule has 0 bridgehead atoms. The zero-order chi connectivity index (χ0) is 25.7. The van der Waals surface area contributed by atoms with Crippen LogP contribution in [0.4, 0.5) is 5.69 Å². The van der Waals surface area contributed by atoms with Crippen molar-refractivity contribution in [2.24, 2.45) is 0 Å². The molecule has 3 rings (SSSR count). The number of hydrogen-bond donors (Lipinski definition) is 3. The molecule has 0 saturated heterocycles. The normalized spacial score (nSPS) is 12.6. The summed E-state index contributed by atoms with van der Waals surface area (Å²) in [7, 11) is 0. The molecule has 0 radical (unpaired) electrons. The van der Waals surface area contributed by atoms with Crippen LogP contribution in [0.5, 0.6) is 0 Å².